The van der Waals surface area contributed by atoms with E-state index in [1.165, 1.54) is 11.3 Å². The van der Waals surface area contributed by atoms with Gasteiger partial charge in [0.1, 0.15) is 17.2 Å². The minimum atomic E-state index is -1.27. The van der Waals surface area contributed by atoms with Crippen molar-refractivity contribution >= 4 is 50.1 Å². The summed E-state index contributed by atoms with van der Waals surface area (Å²) in [7, 11) is 0. The Bertz CT molecular complexity index is 853. The molecule has 0 aliphatic rings. The first-order valence-corrected chi connectivity index (χ1v) is 6.94. The highest BCUT2D eigenvalue weighted by Gasteiger charge is 2.14. The molecule has 2 heterocycles. The summed E-state index contributed by atoms with van der Waals surface area (Å²) < 4.78 is 13.9. The molecule has 0 fully saturated rings. The van der Waals surface area contributed by atoms with E-state index >= 15 is 0 Å². The molecule has 0 saturated heterocycles. The van der Waals surface area contributed by atoms with Gasteiger partial charge in [0, 0.05) is 5.02 Å². The van der Waals surface area contributed by atoms with Gasteiger partial charge in [0.05, 0.1) is 16.4 Å². The van der Waals surface area contributed by atoms with Gasteiger partial charge in [0.2, 0.25) is 0 Å². The summed E-state index contributed by atoms with van der Waals surface area (Å²) in [5, 5.41) is 12.9. The topological polar surface area (TPSA) is 75.1 Å². The Labute approximate surface area is 127 Å². The van der Waals surface area contributed by atoms with Crippen molar-refractivity contribution in [2.45, 2.75) is 0 Å². The number of anilines is 2. The Hall–Kier alpha value is -2.25. The van der Waals surface area contributed by atoms with Crippen LogP contribution in [0.15, 0.2) is 30.5 Å². The molecule has 106 valence electrons. The highest BCUT2D eigenvalue weighted by atomic mass is 35.5. The van der Waals surface area contributed by atoms with Crippen LogP contribution in [0, 0.1) is 5.82 Å². The predicted molar refractivity (Wildman–Crippen MR) is 79.1 cm³/mol. The molecule has 0 saturated carbocycles. The zero-order valence-corrected chi connectivity index (χ0v) is 11.9. The van der Waals surface area contributed by atoms with Gasteiger partial charge >= 0.3 is 5.97 Å². The SMILES string of the molecule is O=C(O)c1cc(F)cnc1Nc1nc2ccc(Cl)cc2s1. The maximum atomic E-state index is 13.1. The number of carbonyl (C=O) groups is 1. The summed E-state index contributed by atoms with van der Waals surface area (Å²) in [6, 6.07) is 6.14. The Balaban J connectivity index is 2.00. The van der Waals surface area contributed by atoms with Crippen molar-refractivity contribution in [3.8, 4) is 0 Å². The Kier molecular flexibility index (Phi) is 3.44. The monoisotopic (exact) mass is 323 g/mol. The fourth-order valence-electron chi connectivity index (χ4n) is 1.76. The molecule has 0 atom stereocenters. The summed E-state index contributed by atoms with van der Waals surface area (Å²) in [5.41, 5.74) is 0.471. The number of halogens is 2. The molecule has 3 rings (SSSR count). The van der Waals surface area contributed by atoms with Crippen LogP contribution in [0.2, 0.25) is 5.02 Å². The van der Waals surface area contributed by atoms with E-state index in [0.29, 0.717) is 10.2 Å². The summed E-state index contributed by atoms with van der Waals surface area (Å²) in [6.07, 6.45) is 0.943. The number of aromatic carboxylic acids is 1. The van der Waals surface area contributed by atoms with Crippen molar-refractivity contribution in [3.05, 3.63) is 46.9 Å². The Morgan fingerprint density at radius 3 is 2.95 bits per heavy atom. The maximum absolute atomic E-state index is 13.1. The molecule has 3 aromatic rings. The van der Waals surface area contributed by atoms with E-state index in [-0.39, 0.29) is 11.4 Å². The molecular formula is C13H7ClFN3O2S. The number of nitrogens with zero attached hydrogens (tertiary/aromatic N) is 2. The van der Waals surface area contributed by atoms with Gasteiger partial charge in [-0.05, 0) is 24.3 Å². The average molecular weight is 324 g/mol. The van der Waals surface area contributed by atoms with Gasteiger partial charge in [-0.25, -0.2) is 19.2 Å². The van der Waals surface area contributed by atoms with E-state index in [9.17, 15) is 9.18 Å². The van der Waals surface area contributed by atoms with Crippen LogP contribution < -0.4 is 5.32 Å². The van der Waals surface area contributed by atoms with Crippen LogP contribution in [0.5, 0.6) is 0 Å². The van der Waals surface area contributed by atoms with Gasteiger partial charge < -0.3 is 10.4 Å². The minimum absolute atomic E-state index is 0.0362. The zero-order chi connectivity index (χ0) is 15.0. The highest BCUT2D eigenvalue weighted by molar-refractivity contribution is 7.22. The second-order valence-corrected chi connectivity index (χ2v) is 5.58. The summed E-state index contributed by atoms with van der Waals surface area (Å²) in [5.74, 6) is -1.95. The number of nitrogens with one attached hydrogen (secondary N) is 1. The molecule has 0 amide bonds. The van der Waals surface area contributed by atoms with E-state index in [2.05, 4.69) is 15.3 Å². The van der Waals surface area contributed by atoms with Gasteiger partial charge in [-0.1, -0.05) is 22.9 Å². The van der Waals surface area contributed by atoms with Gasteiger partial charge in [0.15, 0.2) is 5.13 Å². The summed E-state index contributed by atoms with van der Waals surface area (Å²) >= 11 is 7.20. The number of carboxylic acid groups (broad SMARTS) is 1. The highest BCUT2D eigenvalue weighted by Crippen LogP contribution is 2.30. The quantitative estimate of drug-likeness (QED) is 0.764. The second-order valence-electron chi connectivity index (χ2n) is 4.11. The number of fused-ring (bicyclic) bond motifs is 1. The molecule has 1 aromatic carbocycles. The van der Waals surface area contributed by atoms with Gasteiger partial charge in [-0.3, -0.25) is 0 Å². The van der Waals surface area contributed by atoms with E-state index in [4.69, 9.17) is 16.7 Å². The van der Waals surface area contributed by atoms with Crippen LogP contribution in [0.1, 0.15) is 10.4 Å². The van der Waals surface area contributed by atoms with Crippen LogP contribution in [0.3, 0.4) is 0 Å². The second kappa shape index (κ2) is 5.27. The van der Waals surface area contributed by atoms with Crippen molar-refractivity contribution in [1.29, 1.82) is 0 Å². The number of hydrogen-bond donors (Lipinski definition) is 2. The molecule has 21 heavy (non-hydrogen) atoms. The van der Waals surface area contributed by atoms with Crippen LogP contribution >= 0.6 is 22.9 Å². The van der Waals surface area contributed by atoms with Crippen molar-refractivity contribution in [2.24, 2.45) is 0 Å². The lowest BCUT2D eigenvalue weighted by atomic mass is 10.2. The van der Waals surface area contributed by atoms with Gasteiger partial charge in [0.25, 0.3) is 0 Å². The smallest absolute Gasteiger partial charge is 0.339 e. The number of hydrogen-bond acceptors (Lipinski definition) is 5. The summed E-state index contributed by atoms with van der Waals surface area (Å²) in [6.45, 7) is 0. The number of rotatable bonds is 3. The predicted octanol–water partition coefficient (Wildman–Crippen LogP) is 3.93. The van der Waals surface area contributed by atoms with Crippen molar-refractivity contribution in [3.63, 3.8) is 0 Å². The first kappa shape index (κ1) is 13.7. The van der Waals surface area contributed by atoms with E-state index < -0.39 is 11.8 Å². The first-order valence-electron chi connectivity index (χ1n) is 5.75. The number of aromatic nitrogens is 2. The van der Waals surface area contributed by atoms with Crippen molar-refractivity contribution in [2.75, 3.05) is 5.32 Å². The molecular weight excluding hydrogens is 317 g/mol. The lowest BCUT2D eigenvalue weighted by Gasteiger charge is -2.05. The Morgan fingerprint density at radius 2 is 2.19 bits per heavy atom. The number of thiazole rings is 1. The molecule has 0 unspecified atom stereocenters. The summed E-state index contributed by atoms with van der Waals surface area (Å²) in [4.78, 5) is 19.2. The van der Waals surface area contributed by atoms with E-state index in [1.807, 2.05) is 0 Å². The largest absolute Gasteiger partial charge is 0.478 e. The third-order valence-electron chi connectivity index (χ3n) is 2.66. The molecule has 2 N–H and O–H groups in total. The molecule has 0 bridgehead atoms. The van der Waals surface area contributed by atoms with E-state index in [1.54, 1.807) is 18.2 Å². The molecule has 0 aliphatic heterocycles. The van der Waals surface area contributed by atoms with E-state index in [0.717, 1.165) is 22.5 Å². The van der Waals surface area contributed by atoms with Crippen LogP contribution in [-0.2, 0) is 0 Å². The Morgan fingerprint density at radius 1 is 1.38 bits per heavy atom. The minimum Gasteiger partial charge on any atom is -0.478 e. The third kappa shape index (κ3) is 2.79. The van der Waals surface area contributed by atoms with Crippen molar-refractivity contribution in [1.82, 2.24) is 9.97 Å². The molecule has 0 radical (unpaired) electrons. The van der Waals surface area contributed by atoms with Gasteiger partial charge in [-0.15, -0.1) is 0 Å². The number of carboxylic acids is 1. The van der Waals surface area contributed by atoms with Crippen LogP contribution in [0.25, 0.3) is 10.2 Å². The number of pyridine rings is 1. The molecule has 2 aromatic heterocycles. The molecule has 8 heteroatoms. The normalized spacial score (nSPS) is 10.8. The zero-order valence-electron chi connectivity index (χ0n) is 10.3. The fourth-order valence-corrected chi connectivity index (χ4v) is 2.90. The number of benzene rings is 1. The first-order chi connectivity index (χ1) is 10.0. The molecule has 5 nitrogen and oxygen atoms in total. The van der Waals surface area contributed by atoms with Crippen LogP contribution in [-0.4, -0.2) is 21.0 Å². The molecule has 0 spiro atoms. The molecule has 0 aliphatic carbocycles. The fraction of sp³-hybridized carbons (Fsp3) is 0. The average Bonchev–Trinajstić information content (AvgIpc) is 2.82. The van der Waals surface area contributed by atoms with Gasteiger partial charge in [-0.2, -0.15) is 0 Å². The standard InChI is InChI=1S/C13H7ClFN3O2S/c14-6-1-2-9-10(3-6)21-13(17-9)18-11-8(12(19)20)4-7(15)5-16-11/h1-5H,(H,19,20)(H,16,17,18). The van der Waals surface area contributed by atoms with Crippen LogP contribution in [0.4, 0.5) is 15.3 Å². The lowest BCUT2D eigenvalue weighted by molar-refractivity contribution is 0.0697. The lowest BCUT2D eigenvalue weighted by Crippen LogP contribution is -2.05. The van der Waals surface area contributed by atoms with Crippen molar-refractivity contribution < 1.29 is 14.3 Å². The maximum Gasteiger partial charge on any atom is 0.339 e. The third-order valence-corrected chi connectivity index (χ3v) is 3.83.